The second kappa shape index (κ2) is 5.61. The zero-order chi connectivity index (χ0) is 15.7. The lowest BCUT2D eigenvalue weighted by Gasteiger charge is -2.10. The van der Waals surface area contributed by atoms with E-state index in [2.05, 4.69) is 4.98 Å². The summed E-state index contributed by atoms with van der Waals surface area (Å²) in [5.41, 5.74) is 1.39. The minimum Gasteiger partial charge on any atom is -0.454 e. The topological polar surface area (TPSA) is 65.3 Å². The molecule has 1 heterocycles. The summed E-state index contributed by atoms with van der Waals surface area (Å²) in [5, 5.41) is 12.0. The first-order valence-corrected chi connectivity index (χ1v) is 6.89. The molecule has 1 aromatic heterocycles. The third kappa shape index (κ3) is 2.71. The van der Waals surface area contributed by atoms with Crippen LogP contribution in [0, 0.1) is 17.0 Å². The van der Waals surface area contributed by atoms with Gasteiger partial charge in [0.05, 0.1) is 21.7 Å². The molecular formula is C16H11ClN2O3. The van der Waals surface area contributed by atoms with Crippen LogP contribution in [0.1, 0.15) is 5.56 Å². The van der Waals surface area contributed by atoms with E-state index in [0.717, 1.165) is 10.9 Å². The van der Waals surface area contributed by atoms with E-state index in [9.17, 15) is 10.1 Å². The van der Waals surface area contributed by atoms with Crippen LogP contribution in [0.2, 0.25) is 5.02 Å². The number of rotatable bonds is 3. The first kappa shape index (κ1) is 14.3. The van der Waals surface area contributed by atoms with E-state index >= 15 is 0 Å². The van der Waals surface area contributed by atoms with Crippen LogP contribution in [0.5, 0.6) is 11.5 Å². The van der Waals surface area contributed by atoms with Crippen LogP contribution in [0.3, 0.4) is 0 Å². The molecule has 110 valence electrons. The number of aryl methyl sites for hydroxylation is 1. The molecule has 6 heteroatoms. The number of nitrogens with zero attached hydrogens (tertiary/aromatic N) is 2. The van der Waals surface area contributed by atoms with Crippen molar-refractivity contribution in [3.8, 4) is 11.5 Å². The molecule has 0 spiro atoms. The molecule has 0 fully saturated rings. The van der Waals surface area contributed by atoms with Gasteiger partial charge in [-0.15, -0.1) is 0 Å². The molecular weight excluding hydrogens is 304 g/mol. The molecule has 0 amide bonds. The van der Waals surface area contributed by atoms with Crippen LogP contribution >= 0.6 is 11.6 Å². The Hall–Kier alpha value is -2.66. The zero-order valence-corrected chi connectivity index (χ0v) is 12.4. The number of hydrogen-bond donors (Lipinski definition) is 0. The Morgan fingerprint density at radius 1 is 1.23 bits per heavy atom. The van der Waals surface area contributed by atoms with Crippen LogP contribution in [0.4, 0.5) is 5.69 Å². The summed E-state index contributed by atoms with van der Waals surface area (Å²) >= 11 is 6.10. The summed E-state index contributed by atoms with van der Waals surface area (Å²) in [6.07, 6.45) is 1.60. The fourth-order valence-corrected chi connectivity index (χ4v) is 2.47. The fraction of sp³-hybridized carbons (Fsp3) is 0.0625. The van der Waals surface area contributed by atoms with Crippen molar-refractivity contribution in [1.82, 2.24) is 4.98 Å². The Morgan fingerprint density at radius 3 is 2.73 bits per heavy atom. The Labute approximate surface area is 131 Å². The third-order valence-corrected chi connectivity index (χ3v) is 3.49. The zero-order valence-electron chi connectivity index (χ0n) is 11.6. The van der Waals surface area contributed by atoms with Crippen molar-refractivity contribution in [2.45, 2.75) is 6.92 Å². The molecule has 0 N–H and O–H groups in total. The van der Waals surface area contributed by atoms with Gasteiger partial charge >= 0.3 is 0 Å². The summed E-state index contributed by atoms with van der Waals surface area (Å²) in [4.78, 5) is 14.6. The number of nitro benzene ring substituents is 1. The van der Waals surface area contributed by atoms with E-state index < -0.39 is 4.92 Å². The van der Waals surface area contributed by atoms with Crippen molar-refractivity contribution >= 4 is 28.2 Å². The first-order chi connectivity index (χ1) is 10.5. The minimum absolute atomic E-state index is 0.0634. The van der Waals surface area contributed by atoms with Gasteiger partial charge in [-0.25, -0.2) is 0 Å². The molecule has 0 saturated carbocycles. The first-order valence-electron chi connectivity index (χ1n) is 6.52. The Bertz CT molecular complexity index is 857. The summed E-state index contributed by atoms with van der Waals surface area (Å²) in [6, 6.07) is 12.2. The molecule has 0 atom stereocenters. The van der Waals surface area contributed by atoms with Crippen molar-refractivity contribution in [2.24, 2.45) is 0 Å². The van der Waals surface area contributed by atoms with Crippen molar-refractivity contribution in [3.05, 3.63) is 69.4 Å². The third-order valence-electron chi connectivity index (χ3n) is 3.21. The SMILES string of the molecule is Cc1cc([N+](=O)[O-])cc(Cl)c1Oc1cnc2ccccc2c1. The molecule has 2 aromatic carbocycles. The summed E-state index contributed by atoms with van der Waals surface area (Å²) in [6.45, 7) is 1.71. The van der Waals surface area contributed by atoms with Crippen LogP contribution in [0.25, 0.3) is 10.9 Å². The van der Waals surface area contributed by atoms with Gasteiger partial charge < -0.3 is 4.74 Å². The average Bonchev–Trinajstić information content (AvgIpc) is 2.50. The van der Waals surface area contributed by atoms with Gasteiger partial charge in [-0.05, 0) is 19.1 Å². The second-order valence-electron chi connectivity index (χ2n) is 4.80. The van der Waals surface area contributed by atoms with Crippen molar-refractivity contribution in [3.63, 3.8) is 0 Å². The number of ether oxygens (including phenoxy) is 1. The van der Waals surface area contributed by atoms with Crippen LogP contribution in [0.15, 0.2) is 48.7 Å². The lowest BCUT2D eigenvalue weighted by atomic mass is 10.2. The molecule has 3 aromatic rings. The van der Waals surface area contributed by atoms with Gasteiger partial charge in [-0.2, -0.15) is 0 Å². The quantitative estimate of drug-likeness (QED) is 0.509. The number of hydrogen-bond acceptors (Lipinski definition) is 4. The molecule has 0 aliphatic heterocycles. The van der Waals surface area contributed by atoms with Gasteiger partial charge in [0.25, 0.3) is 5.69 Å². The fourth-order valence-electron chi connectivity index (χ4n) is 2.17. The molecule has 0 aliphatic rings. The number of para-hydroxylation sites is 1. The summed E-state index contributed by atoms with van der Waals surface area (Å²) < 4.78 is 5.77. The number of pyridine rings is 1. The highest BCUT2D eigenvalue weighted by Crippen LogP contribution is 2.36. The van der Waals surface area contributed by atoms with E-state index in [1.54, 1.807) is 13.1 Å². The monoisotopic (exact) mass is 314 g/mol. The van der Waals surface area contributed by atoms with Crippen LogP contribution < -0.4 is 4.74 Å². The van der Waals surface area contributed by atoms with Crippen LogP contribution in [-0.2, 0) is 0 Å². The highest BCUT2D eigenvalue weighted by Gasteiger charge is 2.15. The van der Waals surface area contributed by atoms with Gasteiger partial charge in [-0.1, -0.05) is 29.8 Å². The van der Waals surface area contributed by atoms with Gasteiger partial charge in [0.15, 0.2) is 0 Å². The number of nitro groups is 1. The highest BCUT2D eigenvalue weighted by atomic mass is 35.5. The van der Waals surface area contributed by atoms with Gasteiger partial charge in [-0.3, -0.25) is 15.1 Å². The highest BCUT2D eigenvalue weighted by molar-refractivity contribution is 6.32. The smallest absolute Gasteiger partial charge is 0.271 e. The maximum atomic E-state index is 10.8. The predicted molar refractivity (Wildman–Crippen MR) is 84.7 cm³/mol. The van der Waals surface area contributed by atoms with E-state index in [1.807, 2.05) is 30.3 Å². The van der Waals surface area contributed by atoms with E-state index in [-0.39, 0.29) is 10.7 Å². The molecule has 3 rings (SSSR count). The molecule has 0 bridgehead atoms. The lowest BCUT2D eigenvalue weighted by molar-refractivity contribution is -0.384. The van der Waals surface area contributed by atoms with Crippen LogP contribution in [-0.4, -0.2) is 9.91 Å². The van der Waals surface area contributed by atoms with E-state index in [1.165, 1.54) is 12.1 Å². The Morgan fingerprint density at radius 2 is 2.00 bits per heavy atom. The lowest BCUT2D eigenvalue weighted by Crippen LogP contribution is -1.94. The molecule has 0 saturated heterocycles. The second-order valence-corrected chi connectivity index (χ2v) is 5.20. The molecule has 22 heavy (non-hydrogen) atoms. The van der Waals surface area contributed by atoms with Crippen molar-refractivity contribution in [2.75, 3.05) is 0 Å². The maximum absolute atomic E-state index is 10.8. The maximum Gasteiger partial charge on any atom is 0.271 e. The Balaban J connectivity index is 1.99. The van der Waals surface area contributed by atoms with Crippen molar-refractivity contribution in [1.29, 1.82) is 0 Å². The number of fused-ring (bicyclic) bond motifs is 1. The summed E-state index contributed by atoms with van der Waals surface area (Å²) in [5.74, 6) is 0.918. The van der Waals surface area contributed by atoms with Gasteiger partial charge in [0, 0.05) is 23.1 Å². The normalized spacial score (nSPS) is 10.6. The standard InChI is InChI=1S/C16H11ClN2O3/c1-10-6-12(19(20)21)8-14(17)16(10)22-13-7-11-4-2-3-5-15(11)18-9-13/h2-9H,1H3. The molecule has 0 unspecified atom stereocenters. The van der Waals surface area contributed by atoms with E-state index in [4.69, 9.17) is 16.3 Å². The minimum atomic E-state index is -0.486. The van der Waals surface area contributed by atoms with Gasteiger partial charge in [0.1, 0.15) is 11.5 Å². The number of benzene rings is 2. The predicted octanol–water partition coefficient (Wildman–Crippen LogP) is 4.90. The Kier molecular flexibility index (Phi) is 3.65. The number of non-ortho nitro benzene ring substituents is 1. The molecule has 0 aliphatic carbocycles. The molecule has 0 radical (unpaired) electrons. The number of halogens is 1. The molecule has 5 nitrogen and oxygen atoms in total. The largest absolute Gasteiger partial charge is 0.454 e. The summed E-state index contributed by atoms with van der Waals surface area (Å²) in [7, 11) is 0. The van der Waals surface area contributed by atoms with E-state index in [0.29, 0.717) is 17.1 Å². The average molecular weight is 315 g/mol. The number of aromatic nitrogens is 1. The van der Waals surface area contributed by atoms with Gasteiger partial charge in [0.2, 0.25) is 0 Å². The van der Waals surface area contributed by atoms with Crippen molar-refractivity contribution < 1.29 is 9.66 Å².